The Morgan fingerprint density at radius 3 is 2.54 bits per heavy atom. The van der Waals surface area contributed by atoms with E-state index in [0.29, 0.717) is 18.5 Å². The van der Waals surface area contributed by atoms with Crippen LogP contribution in [0.25, 0.3) is 10.8 Å². The minimum atomic E-state index is -3.73. The molecule has 2 aromatic carbocycles. The summed E-state index contributed by atoms with van der Waals surface area (Å²) in [6, 6.07) is 12.5. The summed E-state index contributed by atoms with van der Waals surface area (Å²) in [6.07, 6.45) is 0. The number of nitrogens with one attached hydrogen (secondary N) is 1. The third-order valence-corrected chi connectivity index (χ3v) is 6.13. The maximum atomic E-state index is 12.9. The van der Waals surface area contributed by atoms with Gasteiger partial charge in [-0.25, -0.2) is 8.42 Å². The number of piperazine rings is 1. The number of amides is 1. The summed E-state index contributed by atoms with van der Waals surface area (Å²) in [6.45, 7) is 2.56. The fraction of sp³-hybridized carbons (Fsp3) is 0.353. The van der Waals surface area contributed by atoms with Crippen LogP contribution in [0.15, 0.2) is 47.4 Å². The van der Waals surface area contributed by atoms with E-state index in [1.165, 1.54) is 7.05 Å². The topological polar surface area (TPSA) is 69.7 Å². The number of hydrogen-bond acceptors (Lipinski definition) is 4. The van der Waals surface area contributed by atoms with Gasteiger partial charge in [-0.15, -0.1) is 0 Å². The molecule has 1 N–H and O–H groups in total. The van der Waals surface area contributed by atoms with Crippen molar-refractivity contribution in [2.45, 2.75) is 4.90 Å². The summed E-state index contributed by atoms with van der Waals surface area (Å²) in [7, 11) is -2.27. The summed E-state index contributed by atoms with van der Waals surface area (Å²) in [4.78, 5) is 14.3. The van der Waals surface area contributed by atoms with Crippen LogP contribution in [0.1, 0.15) is 0 Å². The Bertz CT molecular complexity index is 840. The average molecular weight is 347 g/mol. The monoisotopic (exact) mass is 347 g/mol. The van der Waals surface area contributed by atoms with Crippen LogP contribution in [0.3, 0.4) is 0 Å². The van der Waals surface area contributed by atoms with E-state index in [1.807, 2.05) is 24.3 Å². The van der Waals surface area contributed by atoms with E-state index in [0.717, 1.165) is 22.8 Å². The minimum absolute atomic E-state index is 0.147. The average Bonchev–Trinajstić information content (AvgIpc) is 2.61. The minimum Gasteiger partial charge on any atom is -0.339 e. The molecular weight excluding hydrogens is 326 g/mol. The quantitative estimate of drug-likeness (QED) is 0.892. The van der Waals surface area contributed by atoms with E-state index in [4.69, 9.17) is 0 Å². The van der Waals surface area contributed by atoms with Gasteiger partial charge in [0.15, 0.2) is 0 Å². The van der Waals surface area contributed by atoms with Crippen molar-refractivity contribution in [2.75, 3.05) is 39.8 Å². The molecule has 0 atom stereocenters. The number of carbonyl (C=O) groups is 1. The number of likely N-dealkylation sites (N-methyl/N-ethyl adjacent to an activating group) is 1. The normalized spacial score (nSPS) is 15.8. The smallest absolute Gasteiger partial charge is 0.243 e. The van der Waals surface area contributed by atoms with Crippen molar-refractivity contribution < 1.29 is 13.2 Å². The van der Waals surface area contributed by atoms with E-state index in [1.54, 1.807) is 23.1 Å². The van der Waals surface area contributed by atoms with Crippen LogP contribution >= 0.6 is 0 Å². The number of sulfonamides is 1. The first kappa shape index (κ1) is 16.9. The zero-order valence-electron chi connectivity index (χ0n) is 13.6. The predicted octanol–water partition coefficient (Wildman–Crippen LogP) is 0.892. The Kier molecular flexibility index (Phi) is 4.84. The molecule has 24 heavy (non-hydrogen) atoms. The van der Waals surface area contributed by atoms with Crippen LogP contribution in [0, 0.1) is 0 Å². The Labute approximate surface area is 142 Å². The predicted molar refractivity (Wildman–Crippen MR) is 93.2 cm³/mol. The highest BCUT2D eigenvalue weighted by Crippen LogP contribution is 2.25. The molecule has 1 fully saturated rings. The van der Waals surface area contributed by atoms with Crippen molar-refractivity contribution in [1.29, 1.82) is 0 Å². The molecule has 2 aromatic rings. The van der Waals surface area contributed by atoms with Gasteiger partial charge in [-0.1, -0.05) is 36.4 Å². The molecule has 0 saturated carbocycles. The fourth-order valence-corrected chi connectivity index (χ4v) is 4.21. The summed E-state index contributed by atoms with van der Waals surface area (Å²) >= 11 is 0. The largest absolute Gasteiger partial charge is 0.339 e. The van der Waals surface area contributed by atoms with Crippen molar-refractivity contribution >= 4 is 26.7 Å². The highest BCUT2D eigenvalue weighted by Gasteiger charge is 2.27. The molecule has 0 spiro atoms. The summed E-state index contributed by atoms with van der Waals surface area (Å²) < 4.78 is 27.0. The lowest BCUT2D eigenvalue weighted by molar-refractivity contribution is -0.131. The molecule has 6 nitrogen and oxygen atoms in total. The van der Waals surface area contributed by atoms with E-state index in [9.17, 15) is 13.2 Å². The lowest BCUT2D eigenvalue weighted by Gasteiger charge is -2.29. The highest BCUT2D eigenvalue weighted by molar-refractivity contribution is 7.89. The first-order valence-corrected chi connectivity index (χ1v) is 9.37. The Balaban J connectivity index is 1.85. The number of fused-ring (bicyclic) bond motifs is 1. The van der Waals surface area contributed by atoms with Gasteiger partial charge in [0, 0.05) is 38.6 Å². The summed E-state index contributed by atoms with van der Waals surface area (Å²) in [5.74, 6) is -0.164. The van der Waals surface area contributed by atoms with Crippen molar-refractivity contribution in [3.63, 3.8) is 0 Å². The number of rotatable bonds is 4. The summed E-state index contributed by atoms with van der Waals surface area (Å²) in [5, 5.41) is 4.70. The van der Waals surface area contributed by atoms with Crippen LogP contribution in [-0.2, 0) is 14.8 Å². The van der Waals surface area contributed by atoms with Crippen molar-refractivity contribution in [3.05, 3.63) is 42.5 Å². The molecule has 128 valence electrons. The van der Waals surface area contributed by atoms with Gasteiger partial charge in [-0.2, -0.15) is 4.31 Å². The van der Waals surface area contributed by atoms with Gasteiger partial charge >= 0.3 is 0 Å². The molecule has 0 aromatic heterocycles. The molecular formula is C17H21N3O3S. The van der Waals surface area contributed by atoms with E-state index in [2.05, 4.69) is 5.32 Å². The second-order valence-electron chi connectivity index (χ2n) is 5.87. The molecule has 0 bridgehead atoms. The second kappa shape index (κ2) is 6.88. The van der Waals surface area contributed by atoms with Crippen LogP contribution in [-0.4, -0.2) is 63.3 Å². The van der Waals surface area contributed by atoms with Gasteiger partial charge in [0.25, 0.3) is 0 Å². The Morgan fingerprint density at radius 1 is 1.12 bits per heavy atom. The first-order valence-electron chi connectivity index (χ1n) is 7.93. The molecule has 0 aliphatic carbocycles. The third kappa shape index (κ3) is 3.28. The molecule has 1 aliphatic rings. The molecule has 0 unspecified atom stereocenters. The van der Waals surface area contributed by atoms with E-state index < -0.39 is 10.0 Å². The number of hydrogen-bond donors (Lipinski definition) is 1. The molecule has 0 radical (unpaired) electrons. The lowest BCUT2D eigenvalue weighted by atomic mass is 10.1. The molecule has 1 aliphatic heterocycles. The molecule has 1 amide bonds. The van der Waals surface area contributed by atoms with Gasteiger partial charge in [-0.05, 0) is 11.5 Å². The zero-order valence-corrected chi connectivity index (χ0v) is 14.4. The van der Waals surface area contributed by atoms with Crippen LogP contribution in [0.2, 0.25) is 0 Å². The Morgan fingerprint density at radius 2 is 1.79 bits per heavy atom. The number of carbonyl (C=O) groups excluding carboxylic acids is 1. The van der Waals surface area contributed by atoms with Crippen molar-refractivity contribution in [3.8, 4) is 0 Å². The van der Waals surface area contributed by atoms with E-state index >= 15 is 0 Å². The Hall–Kier alpha value is -1.96. The van der Waals surface area contributed by atoms with Gasteiger partial charge in [-0.3, -0.25) is 4.79 Å². The van der Waals surface area contributed by atoms with Gasteiger partial charge < -0.3 is 10.2 Å². The SMILES string of the molecule is CN(CC(=O)N1CCNCC1)S(=O)(=O)c1cccc2ccccc12. The van der Waals surface area contributed by atoms with Crippen LogP contribution < -0.4 is 5.32 Å². The van der Waals surface area contributed by atoms with Gasteiger partial charge in [0.05, 0.1) is 11.4 Å². The maximum Gasteiger partial charge on any atom is 0.243 e. The highest BCUT2D eigenvalue weighted by atomic mass is 32.2. The first-order chi connectivity index (χ1) is 11.5. The maximum absolute atomic E-state index is 12.9. The molecule has 7 heteroatoms. The van der Waals surface area contributed by atoms with Crippen molar-refractivity contribution in [2.24, 2.45) is 0 Å². The molecule has 1 heterocycles. The van der Waals surface area contributed by atoms with E-state index in [-0.39, 0.29) is 17.3 Å². The summed E-state index contributed by atoms with van der Waals surface area (Å²) in [5.41, 5.74) is 0. The van der Waals surface area contributed by atoms with Gasteiger partial charge in [0.1, 0.15) is 0 Å². The second-order valence-corrected chi connectivity index (χ2v) is 7.88. The van der Waals surface area contributed by atoms with Crippen LogP contribution in [0.4, 0.5) is 0 Å². The van der Waals surface area contributed by atoms with Crippen molar-refractivity contribution in [1.82, 2.24) is 14.5 Å². The standard InChI is InChI=1S/C17H21N3O3S/c1-19(13-17(21)20-11-9-18-10-12-20)24(22,23)16-8-4-6-14-5-2-3-7-15(14)16/h2-8,18H,9-13H2,1H3. The zero-order chi connectivity index (χ0) is 17.2. The molecule has 3 rings (SSSR count). The lowest BCUT2D eigenvalue weighted by Crippen LogP contribution is -2.49. The van der Waals surface area contributed by atoms with Crippen LogP contribution in [0.5, 0.6) is 0 Å². The van der Waals surface area contributed by atoms with Gasteiger partial charge in [0.2, 0.25) is 15.9 Å². The number of nitrogens with zero attached hydrogens (tertiary/aromatic N) is 2. The fourth-order valence-electron chi connectivity index (χ4n) is 2.88. The molecule has 1 saturated heterocycles. The third-order valence-electron chi connectivity index (χ3n) is 4.27. The number of benzene rings is 2.